The van der Waals surface area contributed by atoms with E-state index in [4.69, 9.17) is 9.72 Å². The van der Waals surface area contributed by atoms with Crippen LogP contribution in [0, 0.1) is 0 Å². The van der Waals surface area contributed by atoms with Gasteiger partial charge in [-0.15, -0.1) is 0 Å². The molecule has 0 unspecified atom stereocenters. The molecule has 1 aliphatic heterocycles. The summed E-state index contributed by atoms with van der Waals surface area (Å²) in [6.07, 6.45) is 2.87. The Balaban J connectivity index is 1.61. The molecule has 0 saturated carbocycles. The fourth-order valence-corrected chi connectivity index (χ4v) is 3.09. The second kappa shape index (κ2) is 6.32. The number of methoxy groups -OCH3 is 1. The molecule has 1 aliphatic rings. The molecule has 0 N–H and O–H groups in total. The molecule has 2 heterocycles. The highest BCUT2D eigenvalue weighted by Crippen LogP contribution is 2.25. The molecule has 0 amide bonds. The number of benzene rings is 2. The van der Waals surface area contributed by atoms with Crippen LogP contribution in [0.4, 0.5) is 5.95 Å². The van der Waals surface area contributed by atoms with Crippen LogP contribution in [-0.2, 0) is 13.0 Å². The lowest BCUT2D eigenvalue weighted by molar-refractivity contribution is 0.415. The monoisotopic (exact) mass is 317 g/mol. The van der Waals surface area contributed by atoms with Crippen molar-refractivity contribution in [2.75, 3.05) is 18.6 Å². The Hall–Kier alpha value is -2.88. The Morgan fingerprint density at radius 2 is 1.75 bits per heavy atom. The van der Waals surface area contributed by atoms with Gasteiger partial charge in [0.25, 0.3) is 0 Å². The second-order valence-electron chi connectivity index (χ2n) is 5.91. The third kappa shape index (κ3) is 2.83. The van der Waals surface area contributed by atoms with Crippen molar-refractivity contribution in [1.29, 1.82) is 0 Å². The molecule has 0 saturated heterocycles. The number of ether oxygens (including phenoxy) is 1. The van der Waals surface area contributed by atoms with E-state index in [1.807, 2.05) is 36.5 Å². The summed E-state index contributed by atoms with van der Waals surface area (Å²) in [5.74, 6) is 1.64. The summed E-state index contributed by atoms with van der Waals surface area (Å²) in [5, 5.41) is 0. The molecular formula is C20H19N3O. The Kier molecular flexibility index (Phi) is 3.87. The minimum Gasteiger partial charge on any atom is -0.497 e. The topological polar surface area (TPSA) is 38.2 Å². The summed E-state index contributed by atoms with van der Waals surface area (Å²) in [7, 11) is 1.67. The molecule has 4 nitrogen and oxygen atoms in total. The quantitative estimate of drug-likeness (QED) is 0.738. The molecule has 1 aromatic heterocycles. The van der Waals surface area contributed by atoms with E-state index in [2.05, 4.69) is 34.1 Å². The zero-order chi connectivity index (χ0) is 16.4. The molecule has 3 aromatic rings. The summed E-state index contributed by atoms with van der Waals surface area (Å²) in [6.45, 7) is 1.81. The van der Waals surface area contributed by atoms with Crippen molar-refractivity contribution in [1.82, 2.24) is 9.97 Å². The molecule has 0 radical (unpaired) electrons. The van der Waals surface area contributed by atoms with Crippen LogP contribution in [0.1, 0.15) is 11.1 Å². The van der Waals surface area contributed by atoms with E-state index >= 15 is 0 Å². The first-order chi connectivity index (χ1) is 11.8. The predicted molar refractivity (Wildman–Crippen MR) is 95.2 cm³/mol. The van der Waals surface area contributed by atoms with Gasteiger partial charge in [0.2, 0.25) is 5.95 Å². The molecule has 120 valence electrons. The third-order valence-corrected chi connectivity index (χ3v) is 4.44. The van der Waals surface area contributed by atoms with Crippen LogP contribution in [0.15, 0.2) is 60.8 Å². The molecule has 0 spiro atoms. The normalized spacial score (nSPS) is 13.5. The van der Waals surface area contributed by atoms with Crippen LogP contribution in [0.2, 0.25) is 0 Å². The number of aromatic nitrogens is 2. The number of rotatable bonds is 3. The van der Waals surface area contributed by atoms with Crippen molar-refractivity contribution in [3.63, 3.8) is 0 Å². The number of hydrogen-bond acceptors (Lipinski definition) is 4. The lowest BCUT2D eigenvalue weighted by Crippen LogP contribution is -2.31. The molecule has 24 heavy (non-hydrogen) atoms. The highest BCUT2D eigenvalue weighted by atomic mass is 16.5. The SMILES string of the molecule is COc1ccc(-c2ccnc(N3CCc4ccccc4C3)n2)cc1. The first-order valence-electron chi connectivity index (χ1n) is 8.13. The lowest BCUT2D eigenvalue weighted by atomic mass is 10.0. The maximum Gasteiger partial charge on any atom is 0.226 e. The largest absolute Gasteiger partial charge is 0.497 e. The fraction of sp³-hybridized carbons (Fsp3) is 0.200. The van der Waals surface area contributed by atoms with E-state index in [0.717, 1.165) is 42.5 Å². The van der Waals surface area contributed by atoms with E-state index in [1.165, 1.54) is 11.1 Å². The van der Waals surface area contributed by atoms with Gasteiger partial charge >= 0.3 is 0 Å². The third-order valence-electron chi connectivity index (χ3n) is 4.44. The van der Waals surface area contributed by atoms with E-state index in [1.54, 1.807) is 7.11 Å². The van der Waals surface area contributed by atoms with Crippen LogP contribution in [0.3, 0.4) is 0 Å². The predicted octanol–water partition coefficient (Wildman–Crippen LogP) is 3.71. The van der Waals surface area contributed by atoms with Gasteiger partial charge in [-0.2, -0.15) is 0 Å². The highest BCUT2D eigenvalue weighted by molar-refractivity contribution is 5.61. The summed E-state index contributed by atoms with van der Waals surface area (Å²) < 4.78 is 5.22. The highest BCUT2D eigenvalue weighted by Gasteiger charge is 2.18. The van der Waals surface area contributed by atoms with Crippen LogP contribution in [0.25, 0.3) is 11.3 Å². The first-order valence-corrected chi connectivity index (χ1v) is 8.13. The molecule has 0 atom stereocenters. The van der Waals surface area contributed by atoms with Crippen LogP contribution < -0.4 is 9.64 Å². The molecule has 0 aliphatic carbocycles. The smallest absolute Gasteiger partial charge is 0.226 e. The zero-order valence-corrected chi connectivity index (χ0v) is 13.6. The summed E-state index contributed by atoms with van der Waals surface area (Å²) in [5.41, 5.74) is 4.79. The Morgan fingerprint density at radius 3 is 2.54 bits per heavy atom. The van der Waals surface area contributed by atoms with Crippen molar-refractivity contribution in [3.05, 3.63) is 71.9 Å². The second-order valence-corrected chi connectivity index (χ2v) is 5.91. The number of anilines is 1. The van der Waals surface area contributed by atoms with Gasteiger partial charge in [-0.1, -0.05) is 24.3 Å². The zero-order valence-electron chi connectivity index (χ0n) is 13.6. The lowest BCUT2D eigenvalue weighted by Gasteiger charge is -2.28. The van der Waals surface area contributed by atoms with Crippen LogP contribution >= 0.6 is 0 Å². The summed E-state index contributed by atoms with van der Waals surface area (Å²) >= 11 is 0. The van der Waals surface area contributed by atoms with E-state index in [0.29, 0.717) is 0 Å². The number of hydrogen-bond donors (Lipinski definition) is 0. The summed E-state index contributed by atoms with van der Waals surface area (Å²) in [4.78, 5) is 11.5. The van der Waals surface area contributed by atoms with Gasteiger partial charge in [0.15, 0.2) is 0 Å². The average Bonchev–Trinajstić information content (AvgIpc) is 2.68. The Bertz CT molecular complexity index is 846. The Labute approximate surface area is 141 Å². The minimum atomic E-state index is 0.790. The van der Waals surface area contributed by atoms with Crippen molar-refractivity contribution in [3.8, 4) is 17.0 Å². The van der Waals surface area contributed by atoms with Crippen molar-refractivity contribution in [2.24, 2.45) is 0 Å². The van der Waals surface area contributed by atoms with Gasteiger partial charge in [0, 0.05) is 24.8 Å². The van der Waals surface area contributed by atoms with E-state index < -0.39 is 0 Å². The van der Waals surface area contributed by atoms with E-state index in [-0.39, 0.29) is 0 Å². The number of nitrogens with zero attached hydrogens (tertiary/aromatic N) is 3. The maximum atomic E-state index is 5.22. The first kappa shape index (κ1) is 14.7. The van der Waals surface area contributed by atoms with Crippen molar-refractivity contribution in [2.45, 2.75) is 13.0 Å². The number of fused-ring (bicyclic) bond motifs is 1. The van der Waals surface area contributed by atoms with Crippen molar-refractivity contribution < 1.29 is 4.74 Å². The molecule has 4 rings (SSSR count). The Morgan fingerprint density at radius 1 is 0.958 bits per heavy atom. The van der Waals surface area contributed by atoms with Gasteiger partial charge in [-0.25, -0.2) is 9.97 Å². The molecule has 2 aromatic carbocycles. The average molecular weight is 317 g/mol. The molecule has 0 fully saturated rings. The molecule has 0 bridgehead atoms. The molecule has 4 heteroatoms. The summed E-state index contributed by atoms with van der Waals surface area (Å²) in [6, 6.07) is 18.5. The van der Waals surface area contributed by atoms with Gasteiger partial charge in [-0.05, 0) is 47.9 Å². The van der Waals surface area contributed by atoms with Gasteiger partial charge in [-0.3, -0.25) is 0 Å². The minimum absolute atomic E-state index is 0.790. The van der Waals surface area contributed by atoms with Crippen LogP contribution in [-0.4, -0.2) is 23.6 Å². The standard InChI is InChI=1S/C20H19N3O/c1-24-18-8-6-16(7-9-18)19-10-12-21-20(22-19)23-13-11-15-4-2-3-5-17(15)14-23/h2-10,12H,11,13-14H2,1H3. The van der Waals surface area contributed by atoms with Gasteiger partial charge in [0.05, 0.1) is 12.8 Å². The maximum absolute atomic E-state index is 5.22. The fourth-order valence-electron chi connectivity index (χ4n) is 3.09. The van der Waals surface area contributed by atoms with Crippen molar-refractivity contribution >= 4 is 5.95 Å². The van der Waals surface area contributed by atoms with Crippen LogP contribution in [0.5, 0.6) is 5.75 Å². The molecular weight excluding hydrogens is 298 g/mol. The van der Waals surface area contributed by atoms with Gasteiger partial charge in [0.1, 0.15) is 5.75 Å². The van der Waals surface area contributed by atoms with Gasteiger partial charge < -0.3 is 9.64 Å². The van der Waals surface area contributed by atoms with E-state index in [9.17, 15) is 0 Å².